The molecule has 143 valence electrons. The van der Waals surface area contributed by atoms with E-state index >= 15 is 0 Å². The Morgan fingerprint density at radius 3 is 1.96 bits per heavy atom. The number of nitrogens with one attached hydrogen (secondary N) is 1. The largest absolute Gasteiger partial charge is 1.00 e. The van der Waals surface area contributed by atoms with E-state index in [4.69, 9.17) is 4.43 Å². The van der Waals surface area contributed by atoms with Crippen LogP contribution < -0.4 is 30.1 Å². The molecule has 0 aromatic carbocycles. The van der Waals surface area contributed by atoms with Gasteiger partial charge in [0.15, 0.2) is 0 Å². The molecule has 0 aromatic heterocycles. The van der Waals surface area contributed by atoms with Crippen LogP contribution in [-0.4, -0.2) is 21.9 Å². The molecule has 0 aliphatic heterocycles. The molecule has 1 aliphatic carbocycles. The van der Waals surface area contributed by atoms with Crippen LogP contribution in [0, 0.1) is 0 Å². The standard InChI is InChI=1S/C18H34NOSi2.2ClH.Zr/c1-11-22(9,10)14(2)15-12-16(19-18(3,4)5)17(13-15)20-21(6,7)8;;;/h13,19H,11H2,1-10H3;2*1H;/q;;;+2/p-2. The molecule has 0 amide bonds. The van der Waals surface area contributed by atoms with Crippen LogP contribution in [0.2, 0.25) is 38.8 Å². The summed E-state index contributed by atoms with van der Waals surface area (Å²) >= 11 is 1.46. The first kappa shape index (κ1) is 27.9. The van der Waals surface area contributed by atoms with Crippen molar-refractivity contribution in [3.8, 4) is 0 Å². The van der Waals surface area contributed by atoms with E-state index in [2.05, 4.69) is 78.7 Å². The summed E-state index contributed by atoms with van der Waals surface area (Å²) in [7, 11) is -2.95. The SMILES string of the molecule is CC[Si](C)(C)C(C)=C1C=C(O[Si](C)(C)C)C(NC(C)(C)C)=[C]1[Zr+2].[Cl-].[Cl-]. The van der Waals surface area contributed by atoms with E-state index in [1.807, 2.05) is 0 Å². The van der Waals surface area contributed by atoms with E-state index in [1.54, 1.807) is 5.20 Å². The van der Waals surface area contributed by atoms with Crippen molar-refractivity contribution in [2.75, 3.05) is 0 Å². The number of allylic oxidation sites excluding steroid dienone is 4. The summed E-state index contributed by atoms with van der Waals surface area (Å²) in [6.07, 6.45) is 2.32. The fourth-order valence-corrected chi connectivity index (χ4v) is 6.05. The van der Waals surface area contributed by atoms with Crippen LogP contribution in [0.15, 0.2) is 31.6 Å². The Bertz CT molecular complexity index is 571. The third-order valence-corrected chi connectivity index (χ3v) is 10.4. The van der Waals surface area contributed by atoms with Crippen LogP contribution in [-0.2, 0) is 29.1 Å². The Morgan fingerprint density at radius 2 is 1.60 bits per heavy atom. The first-order valence-corrected chi connectivity index (χ1v) is 16.4. The monoisotopic (exact) mass is 496 g/mol. The first-order valence-electron chi connectivity index (χ1n) is 8.55. The van der Waals surface area contributed by atoms with Crippen LogP contribution in [0.1, 0.15) is 34.6 Å². The molecule has 0 aromatic rings. The van der Waals surface area contributed by atoms with Crippen molar-refractivity contribution in [2.45, 2.75) is 78.9 Å². The Labute approximate surface area is 185 Å². The third kappa shape index (κ3) is 8.09. The molecule has 0 radical (unpaired) electrons. The molecule has 0 unspecified atom stereocenters. The number of hydrogen-bond acceptors (Lipinski definition) is 2. The maximum absolute atomic E-state index is 6.43. The average molecular weight is 499 g/mol. The minimum atomic E-state index is -1.63. The van der Waals surface area contributed by atoms with Gasteiger partial charge in [-0.05, 0) is 0 Å². The van der Waals surface area contributed by atoms with Gasteiger partial charge in [0.25, 0.3) is 0 Å². The van der Waals surface area contributed by atoms with Crippen LogP contribution in [0.5, 0.6) is 0 Å². The maximum atomic E-state index is 6.43. The second-order valence-electron chi connectivity index (χ2n) is 9.12. The molecule has 0 saturated heterocycles. The zero-order valence-electron chi connectivity index (χ0n) is 17.4. The van der Waals surface area contributed by atoms with Gasteiger partial charge < -0.3 is 24.8 Å². The van der Waals surface area contributed by atoms with Gasteiger partial charge in [-0.3, -0.25) is 0 Å². The first-order chi connectivity index (χ1) is 10.2. The van der Waals surface area contributed by atoms with Gasteiger partial charge in [-0.2, -0.15) is 0 Å². The van der Waals surface area contributed by atoms with Crippen LogP contribution in [0.25, 0.3) is 0 Å². The quantitative estimate of drug-likeness (QED) is 0.515. The summed E-state index contributed by atoms with van der Waals surface area (Å²) in [6, 6.07) is 1.28. The van der Waals surface area contributed by atoms with Gasteiger partial charge in [-0.15, -0.1) is 0 Å². The van der Waals surface area contributed by atoms with Crippen molar-refractivity contribution in [1.29, 1.82) is 0 Å². The van der Waals surface area contributed by atoms with E-state index < -0.39 is 16.4 Å². The van der Waals surface area contributed by atoms with Gasteiger partial charge in [-0.1, -0.05) is 0 Å². The normalized spacial score (nSPS) is 17.5. The molecule has 1 N–H and O–H groups in total. The van der Waals surface area contributed by atoms with Crippen molar-refractivity contribution in [3.05, 3.63) is 31.6 Å². The fraction of sp³-hybridized carbons (Fsp3) is 0.667. The maximum Gasteiger partial charge on any atom is -1.00 e. The minimum Gasteiger partial charge on any atom is -1.00 e. The minimum absolute atomic E-state index is 0. The molecule has 0 spiro atoms. The topological polar surface area (TPSA) is 21.3 Å². The Kier molecular flexibility index (Phi) is 10.9. The third-order valence-electron chi connectivity index (χ3n) is 4.26. The van der Waals surface area contributed by atoms with E-state index in [9.17, 15) is 0 Å². The van der Waals surface area contributed by atoms with Crippen LogP contribution in [0.4, 0.5) is 0 Å². The molecule has 1 aliphatic rings. The molecule has 7 heteroatoms. The van der Waals surface area contributed by atoms with Crippen molar-refractivity contribution in [1.82, 2.24) is 5.32 Å². The summed E-state index contributed by atoms with van der Waals surface area (Å²) in [5, 5.41) is 5.31. The summed E-state index contributed by atoms with van der Waals surface area (Å²) in [6.45, 7) is 23.0. The molecule has 25 heavy (non-hydrogen) atoms. The zero-order chi connectivity index (χ0) is 18.2. The molecular weight excluding hydrogens is 465 g/mol. The van der Waals surface area contributed by atoms with Gasteiger partial charge in [0.2, 0.25) is 0 Å². The van der Waals surface area contributed by atoms with E-state index in [1.165, 1.54) is 45.3 Å². The van der Waals surface area contributed by atoms with Gasteiger partial charge in [0.1, 0.15) is 0 Å². The fourth-order valence-electron chi connectivity index (χ4n) is 2.37. The van der Waals surface area contributed by atoms with Crippen molar-refractivity contribution < 1.29 is 54.0 Å². The summed E-state index contributed by atoms with van der Waals surface area (Å²) in [5.74, 6) is 1.07. The Morgan fingerprint density at radius 1 is 1.12 bits per heavy atom. The number of hydrogen-bond donors (Lipinski definition) is 1. The second-order valence-corrected chi connectivity index (χ2v) is 20.0. The molecule has 1 rings (SSSR count). The van der Waals surface area contributed by atoms with Gasteiger partial charge >= 0.3 is 161 Å². The summed E-state index contributed by atoms with van der Waals surface area (Å²) in [5.41, 5.74) is 2.72. The van der Waals surface area contributed by atoms with Gasteiger partial charge in [0, 0.05) is 0 Å². The van der Waals surface area contributed by atoms with E-state index in [0.717, 1.165) is 5.76 Å². The van der Waals surface area contributed by atoms with E-state index in [-0.39, 0.29) is 30.4 Å². The van der Waals surface area contributed by atoms with Crippen LogP contribution >= 0.6 is 0 Å². The van der Waals surface area contributed by atoms with Crippen molar-refractivity contribution in [3.63, 3.8) is 0 Å². The molecule has 2 nitrogen and oxygen atoms in total. The predicted molar refractivity (Wildman–Crippen MR) is 103 cm³/mol. The molecule has 0 fully saturated rings. The molecule has 0 bridgehead atoms. The zero-order valence-corrected chi connectivity index (χ0v) is 23.4. The Hall–Kier alpha value is 0.717. The summed E-state index contributed by atoms with van der Waals surface area (Å²) < 4.78 is 7.87. The molecular formula is C18H34Cl2NOSi2Zr. The second kappa shape index (κ2) is 9.77. The van der Waals surface area contributed by atoms with Gasteiger partial charge in [-0.25, -0.2) is 0 Å². The van der Waals surface area contributed by atoms with E-state index in [0.29, 0.717) is 0 Å². The molecule has 0 atom stereocenters. The van der Waals surface area contributed by atoms with Crippen molar-refractivity contribution >= 4 is 16.4 Å². The number of rotatable bonds is 5. The predicted octanol–water partition coefficient (Wildman–Crippen LogP) is -0.526. The smallest absolute Gasteiger partial charge is 1.00 e. The molecule has 0 saturated carbocycles. The Balaban J connectivity index is 0. The van der Waals surface area contributed by atoms with Crippen molar-refractivity contribution in [2.24, 2.45) is 0 Å². The number of halogens is 2. The van der Waals surface area contributed by atoms with Gasteiger partial charge in [0.05, 0.1) is 0 Å². The molecule has 0 heterocycles. The average Bonchev–Trinajstić information content (AvgIpc) is 2.63. The summed E-state index contributed by atoms with van der Waals surface area (Å²) in [4.78, 5) is 0. The van der Waals surface area contributed by atoms with Crippen LogP contribution in [0.3, 0.4) is 0 Å².